The van der Waals surface area contributed by atoms with Crippen molar-refractivity contribution in [2.24, 2.45) is 11.7 Å². The Morgan fingerprint density at radius 3 is 2.35 bits per heavy atom. The van der Waals surface area contributed by atoms with E-state index in [1.54, 1.807) is 0 Å². The molecule has 0 aromatic rings. The monoisotopic (exact) mass is 240 g/mol. The van der Waals surface area contributed by atoms with Gasteiger partial charge >= 0.3 is 0 Å². The summed E-state index contributed by atoms with van der Waals surface area (Å²) in [5, 5.41) is 12.5. The molecular weight excluding hydrogens is 216 g/mol. The maximum Gasteiger partial charge on any atom is 0.224 e. The third-order valence-corrected chi connectivity index (χ3v) is 4.20. The van der Waals surface area contributed by atoms with Gasteiger partial charge in [-0.1, -0.05) is 12.8 Å². The van der Waals surface area contributed by atoms with Crippen LogP contribution in [0.2, 0.25) is 0 Å². The molecule has 0 aliphatic heterocycles. The van der Waals surface area contributed by atoms with Crippen molar-refractivity contribution in [3.05, 3.63) is 0 Å². The van der Waals surface area contributed by atoms with Crippen molar-refractivity contribution < 1.29 is 9.90 Å². The van der Waals surface area contributed by atoms with Gasteiger partial charge in [0.2, 0.25) is 5.91 Å². The van der Waals surface area contributed by atoms with Gasteiger partial charge in [0.25, 0.3) is 0 Å². The number of aliphatic hydroxyl groups excluding tert-OH is 1. The van der Waals surface area contributed by atoms with E-state index in [4.69, 9.17) is 5.73 Å². The molecule has 0 aromatic carbocycles. The van der Waals surface area contributed by atoms with Crippen molar-refractivity contribution in [3.8, 4) is 0 Å². The fourth-order valence-corrected chi connectivity index (χ4v) is 3.01. The SMILES string of the molecule is NC1CCCCC1C(=O)NC1CCC(O)CC1. The fourth-order valence-electron chi connectivity index (χ4n) is 3.01. The van der Waals surface area contributed by atoms with Crippen LogP contribution in [0.15, 0.2) is 0 Å². The van der Waals surface area contributed by atoms with Gasteiger partial charge in [0.1, 0.15) is 0 Å². The first-order valence-electron chi connectivity index (χ1n) is 6.91. The van der Waals surface area contributed by atoms with Crippen LogP contribution in [0.25, 0.3) is 0 Å². The lowest BCUT2D eigenvalue weighted by Crippen LogP contribution is -2.47. The third-order valence-electron chi connectivity index (χ3n) is 4.20. The number of hydrogen-bond acceptors (Lipinski definition) is 3. The minimum absolute atomic E-state index is 0.00981. The number of rotatable bonds is 2. The highest BCUT2D eigenvalue weighted by Crippen LogP contribution is 2.24. The van der Waals surface area contributed by atoms with Crippen molar-refractivity contribution in [2.45, 2.75) is 69.6 Å². The minimum atomic E-state index is -0.167. The van der Waals surface area contributed by atoms with Crippen molar-refractivity contribution in [1.82, 2.24) is 5.32 Å². The highest BCUT2D eigenvalue weighted by atomic mass is 16.3. The van der Waals surface area contributed by atoms with Gasteiger partial charge in [0.15, 0.2) is 0 Å². The largest absolute Gasteiger partial charge is 0.393 e. The predicted octanol–water partition coefficient (Wildman–Crippen LogP) is 0.924. The summed E-state index contributed by atoms with van der Waals surface area (Å²) in [5.41, 5.74) is 6.01. The van der Waals surface area contributed by atoms with E-state index in [0.29, 0.717) is 0 Å². The third kappa shape index (κ3) is 3.42. The lowest BCUT2D eigenvalue weighted by molar-refractivity contribution is -0.127. The van der Waals surface area contributed by atoms with E-state index >= 15 is 0 Å². The molecule has 0 saturated heterocycles. The maximum absolute atomic E-state index is 12.1. The highest BCUT2D eigenvalue weighted by Gasteiger charge is 2.30. The Labute approximate surface area is 103 Å². The summed E-state index contributed by atoms with van der Waals surface area (Å²) >= 11 is 0. The Hall–Kier alpha value is -0.610. The molecule has 2 atom stereocenters. The van der Waals surface area contributed by atoms with Gasteiger partial charge in [-0.05, 0) is 38.5 Å². The molecule has 0 radical (unpaired) electrons. The van der Waals surface area contributed by atoms with Gasteiger partial charge in [-0.25, -0.2) is 0 Å². The number of carbonyl (C=O) groups excluding carboxylic acids is 1. The van der Waals surface area contributed by atoms with Crippen LogP contribution in [0.5, 0.6) is 0 Å². The zero-order valence-corrected chi connectivity index (χ0v) is 10.4. The van der Waals surface area contributed by atoms with E-state index in [0.717, 1.165) is 51.4 Å². The van der Waals surface area contributed by atoms with E-state index in [-0.39, 0.29) is 30.0 Å². The molecule has 4 nitrogen and oxygen atoms in total. The standard InChI is InChI=1S/C13H24N2O2/c14-12-4-2-1-3-11(12)13(17)15-9-5-7-10(16)8-6-9/h9-12,16H,1-8,14H2,(H,15,17). The van der Waals surface area contributed by atoms with E-state index in [1.807, 2.05) is 0 Å². The predicted molar refractivity (Wildman–Crippen MR) is 66.3 cm³/mol. The Balaban J connectivity index is 1.79. The quantitative estimate of drug-likeness (QED) is 0.672. The molecule has 2 aliphatic carbocycles. The topological polar surface area (TPSA) is 75.4 Å². The first-order chi connectivity index (χ1) is 8.16. The van der Waals surface area contributed by atoms with Crippen molar-refractivity contribution in [1.29, 1.82) is 0 Å². The van der Waals surface area contributed by atoms with Gasteiger partial charge in [0, 0.05) is 12.1 Å². The van der Waals surface area contributed by atoms with Crippen LogP contribution in [0.3, 0.4) is 0 Å². The first kappa shape index (κ1) is 12.8. The second-order valence-electron chi connectivity index (χ2n) is 5.57. The van der Waals surface area contributed by atoms with E-state index in [1.165, 1.54) is 0 Å². The summed E-state index contributed by atoms with van der Waals surface area (Å²) in [6, 6.07) is 0.290. The maximum atomic E-state index is 12.1. The van der Waals surface area contributed by atoms with Gasteiger partial charge in [0.05, 0.1) is 12.0 Å². The molecule has 2 saturated carbocycles. The van der Waals surface area contributed by atoms with Crippen molar-refractivity contribution >= 4 is 5.91 Å². The zero-order valence-electron chi connectivity index (χ0n) is 10.4. The molecule has 0 aromatic heterocycles. The Kier molecular flexibility index (Phi) is 4.40. The van der Waals surface area contributed by atoms with Gasteiger partial charge in [-0.3, -0.25) is 4.79 Å². The molecule has 98 valence electrons. The van der Waals surface area contributed by atoms with Crippen LogP contribution >= 0.6 is 0 Å². The van der Waals surface area contributed by atoms with Crippen LogP contribution in [-0.2, 0) is 4.79 Å². The molecule has 0 heterocycles. The van der Waals surface area contributed by atoms with Crippen molar-refractivity contribution in [3.63, 3.8) is 0 Å². The minimum Gasteiger partial charge on any atom is -0.393 e. The number of aliphatic hydroxyl groups is 1. The smallest absolute Gasteiger partial charge is 0.224 e. The molecule has 1 amide bonds. The van der Waals surface area contributed by atoms with Crippen LogP contribution in [0.1, 0.15) is 51.4 Å². The molecule has 2 unspecified atom stereocenters. The normalized spacial score (nSPS) is 38.7. The lowest BCUT2D eigenvalue weighted by atomic mass is 9.84. The second-order valence-corrected chi connectivity index (χ2v) is 5.57. The second kappa shape index (κ2) is 5.83. The summed E-state index contributed by atoms with van der Waals surface area (Å²) in [6.45, 7) is 0. The summed E-state index contributed by atoms with van der Waals surface area (Å²) < 4.78 is 0. The summed E-state index contributed by atoms with van der Waals surface area (Å²) in [7, 11) is 0. The summed E-state index contributed by atoms with van der Waals surface area (Å²) in [6.07, 6.45) is 7.42. The molecule has 4 heteroatoms. The molecule has 2 fully saturated rings. The molecule has 2 rings (SSSR count). The molecule has 0 spiro atoms. The van der Waals surface area contributed by atoms with Crippen LogP contribution in [0, 0.1) is 5.92 Å². The molecule has 17 heavy (non-hydrogen) atoms. The average molecular weight is 240 g/mol. The van der Waals surface area contributed by atoms with Gasteiger partial charge < -0.3 is 16.2 Å². The summed E-state index contributed by atoms with van der Waals surface area (Å²) in [5.74, 6) is 0.147. The zero-order chi connectivity index (χ0) is 12.3. The van der Waals surface area contributed by atoms with Crippen LogP contribution in [0.4, 0.5) is 0 Å². The van der Waals surface area contributed by atoms with E-state index in [2.05, 4.69) is 5.32 Å². The van der Waals surface area contributed by atoms with Gasteiger partial charge in [-0.2, -0.15) is 0 Å². The molecule has 2 aliphatic rings. The average Bonchev–Trinajstić information content (AvgIpc) is 2.32. The lowest BCUT2D eigenvalue weighted by Gasteiger charge is -2.31. The fraction of sp³-hybridized carbons (Fsp3) is 0.923. The van der Waals surface area contributed by atoms with E-state index < -0.39 is 0 Å². The number of nitrogens with one attached hydrogen (secondary N) is 1. The number of nitrogens with two attached hydrogens (primary N) is 1. The number of carbonyl (C=O) groups is 1. The van der Waals surface area contributed by atoms with Crippen LogP contribution < -0.4 is 11.1 Å². The van der Waals surface area contributed by atoms with Gasteiger partial charge in [-0.15, -0.1) is 0 Å². The van der Waals surface area contributed by atoms with Crippen LogP contribution in [-0.4, -0.2) is 29.2 Å². The Morgan fingerprint density at radius 2 is 1.71 bits per heavy atom. The van der Waals surface area contributed by atoms with Crippen molar-refractivity contribution in [2.75, 3.05) is 0 Å². The number of hydrogen-bond donors (Lipinski definition) is 3. The molecular formula is C13H24N2O2. The Morgan fingerprint density at radius 1 is 1.06 bits per heavy atom. The first-order valence-corrected chi connectivity index (χ1v) is 6.91. The molecule has 4 N–H and O–H groups in total. The summed E-state index contributed by atoms with van der Waals surface area (Å²) in [4.78, 5) is 12.1. The molecule has 0 bridgehead atoms. The van der Waals surface area contributed by atoms with E-state index in [9.17, 15) is 9.90 Å². The highest BCUT2D eigenvalue weighted by molar-refractivity contribution is 5.79. The Bertz CT molecular complexity index is 262. The number of amides is 1.